The number of rotatable bonds is 8. The molecule has 24 heteroatoms. The summed E-state index contributed by atoms with van der Waals surface area (Å²) in [6.45, 7) is 0. The zero-order valence-electron chi connectivity index (χ0n) is 81.0. The quantitative estimate of drug-likeness (QED) is 0.0496. The van der Waals surface area contributed by atoms with Crippen LogP contribution in [0.4, 0.5) is 0 Å². The van der Waals surface area contributed by atoms with Crippen LogP contribution in [-0.2, 0) is 152 Å². The molecule has 0 saturated heterocycles. The standard InChI is InChI=1S/4C15H18O3.4C14H16O3.7H2/c4*1-18-14(17)12-6-8-15(12)7-2-3-10-4-5-11(16)9-13(10)15;4*15-10-4-3-9-2-1-6-14(12(9)8-10)7-5-11(14)13(16)17;;;;;;;/h4*4-5,9,12,16H,2-3,6-8H2,1H3;4*3-4,8,11,15H,1-2,5-7H2,(H,16,17);7*1H/t2*12-,15+;2*12-,15-;2*11-,14+;2*11-,14-;;;;;;;/m10101010......./s1. The first-order chi connectivity index (χ1) is 67.2. The van der Waals surface area contributed by atoms with E-state index >= 15 is 0 Å². The number of ether oxygens (including phenoxy) is 4. The molecule has 0 unspecified atom stereocenters. The van der Waals surface area contributed by atoms with E-state index in [4.69, 9.17) is 18.9 Å². The van der Waals surface area contributed by atoms with Gasteiger partial charge in [0.1, 0.15) is 46.0 Å². The van der Waals surface area contributed by atoms with Gasteiger partial charge in [0.25, 0.3) is 0 Å². The fourth-order valence-electron chi connectivity index (χ4n) is 29.3. The topological polar surface area (TPSA) is 416 Å². The second kappa shape index (κ2) is 40.1. The summed E-state index contributed by atoms with van der Waals surface area (Å²) in [5, 5.41) is 114. The molecular formula is C116H150O24. The molecule has 16 aliphatic carbocycles. The summed E-state index contributed by atoms with van der Waals surface area (Å²) < 4.78 is 19.7. The van der Waals surface area contributed by atoms with Crippen LogP contribution in [0.15, 0.2) is 146 Å². The van der Waals surface area contributed by atoms with Crippen molar-refractivity contribution in [3.8, 4) is 46.0 Å². The van der Waals surface area contributed by atoms with E-state index < -0.39 is 23.9 Å². The number of methoxy groups -OCH3 is 4. The number of aromatic hydroxyl groups is 8. The lowest BCUT2D eigenvalue weighted by molar-refractivity contribution is -0.154. The fourth-order valence-corrected chi connectivity index (χ4v) is 29.3. The highest BCUT2D eigenvalue weighted by Gasteiger charge is 2.61. The number of benzene rings is 8. The molecule has 8 fully saturated rings. The highest BCUT2D eigenvalue weighted by Crippen LogP contribution is 2.64. The Hall–Kier alpha value is -12.1. The van der Waals surface area contributed by atoms with Crippen LogP contribution in [0.3, 0.4) is 0 Å². The third-order valence-electron chi connectivity index (χ3n) is 37.1. The summed E-state index contributed by atoms with van der Waals surface area (Å²) in [7, 11) is 5.84. The maximum Gasteiger partial charge on any atom is 0.309 e. The SMILES string of the molecule is COC(=O)[C@@H]1CC[C@@]12CCCc1ccc(O)cc12.COC(=O)[C@@H]1CC[C@]12CCCc1ccc(O)cc12.COC(=O)[C@H]1CC[C@@]12CCCc1ccc(O)cc12.COC(=O)[C@H]1CC[C@]12CCCc1ccc(O)cc12.O=C(O)[C@@H]1CC[C@@]12CCCc1ccc(O)cc12.O=C(O)[C@@H]1CC[C@]12CCCc1ccc(O)cc12.O=C(O)[C@H]1CC[C@@]12CCCc1ccc(O)cc12.O=C(O)[C@H]1CC[C@]12CCCc1ccc(O)cc12.[HH].[HH].[HH].[HH].[HH].[HH].[HH]. The normalized spacial score (nSPS) is 30.1. The Bertz CT molecular complexity index is 5390. The Morgan fingerprint density at radius 2 is 0.329 bits per heavy atom. The van der Waals surface area contributed by atoms with Gasteiger partial charge in [0.05, 0.1) is 75.8 Å². The van der Waals surface area contributed by atoms with Crippen molar-refractivity contribution in [3.63, 3.8) is 0 Å². The van der Waals surface area contributed by atoms with Crippen molar-refractivity contribution >= 4 is 47.8 Å². The van der Waals surface area contributed by atoms with Gasteiger partial charge in [-0.1, -0.05) is 48.5 Å². The Morgan fingerprint density at radius 1 is 0.207 bits per heavy atom. The summed E-state index contributed by atoms with van der Waals surface area (Å²) in [5.41, 5.74) is 18.0. The number of aryl methyl sites for hydroxylation is 8. The number of fused-ring (bicyclic) bond motifs is 16. The van der Waals surface area contributed by atoms with E-state index in [9.17, 15) is 99.6 Å². The van der Waals surface area contributed by atoms with E-state index in [-0.39, 0.29) is 148 Å². The van der Waals surface area contributed by atoms with Crippen LogP contribution < -0.4 is 0 Å². The minimum absolute atomic E-state index is 0. The van der Waals surface area contributed by atoms with Gasteiger partial charge in [-0.25, -0.2) is 0 Å². The smallest absolute Gasteiger partial charge is 0.309 e. The molecule has 24 nitrogen and oxygen atoms in total. The summed E-state index contributed by atoms with van der Waals surface area (Å²) in [6.07, 6.45) is 39.4. The van der Waals surface area contributed by atoms with Gasteiger partial charge in [-0.3, -0.25) is 38.4 Å². The third kappa shape index (κ3) is 17.8. The number of phenols is 8. The van der Waals surface area contributed by atoms with Gasteiger partial charge in [-0.15, -0.1) is 0 Å². The molecule has 8 aromatic rings. The van der Waals surface area contributed by atoms with Crippen LogP contribution in [0, 0.1) is 47.3 Å². The lowest BCUT2D eigenvalue weighted by atomic mass is 9.52. The van der Waals surface area contributed by atoms with E-state index in [1.54, 1.807) is 72.8 Å². The molecule has 0 aromatic heterocycles. The van der Waals surface area contributed by atoms with Gasteiger partial charge in [-0.05, 0) is 443 Å². The summed E-state index contributed by atoms with van der Waals surface area (Å²) in [5.74, 6) is -2.10. The van der Waals surface area contributed by atoms with Gasteiger partial charge in [-0.2, -0.15) is 0 Å². The second-order valence-corrected chi connectivity index (χ2v) is 43.0. The summed E-state index contributed by atoms with van der Waals surface area (Å²) in [6, 6.07) is 44.1. The highest BCUT2D eigenvalue weighted by atomic mass is 16.5. The number of hydrogen-bond acceptors (Lipinski definition) is 20. The molecule has 8 saturated carbocycles. The fraction of sp³-hybridized carbons (Fsp3) is 0.517. The highest BCUT2D eigenvalue weighted by molar-refractivity contribution is 5.81. The molecule has 0 aliphatic heterocycles. The van der Waals surface area contributed by atoms with Crippen LogP contribution in [-0.4, -0.2) is 137 Å². The maximum atomic E-state index is 11.9. The summed E-state index contributed by atoms with van der Waals surface area (Å²) in [4.78, 5) is 92.7. The third-order valence-corrected chi connectivity index (χ3v) is 37.1. The lowest BCUT2D eigenvalue weighted by Gasteiger charge is -2.51. The van der Waals surface area contributed by atoms with Crippen LogP contribution in [0.25, 0.3) is 0 Å². The first kappa shape index (κ1) is 99.5. The van der Waals surface area contributed by atoms with Crippen molar-refractivity contribution in [2.24, 2.45) is 47.3 Å². The molecule has 8 spiro atoms. The molecule has 0 bridgehead atoms. The molecule has 12 N–H and O–H groups in total. The van der Waals surface area contributed by atoms with Gasteiger partial charge in [0, 0.05) is 53.3 Å². The number of hydrogen-bond donors (Lipinski definition) is 12. The van der Waals surface area contributed by atoms with E-state index in [1.165, 1.54) is 95.2 Å². The number of carboxylic acids is 4. The van der Waals surface area contributed by atoms with Crippen molar-refractivity contribution in [3.05, 3.63) is 235 Å². The number of carboxylic acid groups (broad SMARTS) is 4. The van der Waals surface area contributed by atoms with Crippen molar-refractivity contribution in [1.82, 2.24) is 0 Å². The van der Waals surface area contributed by atoms with Crippen molar-refractivity contribution in [2.75, 3.05) is 28.4 Å². The average molecular weight is 1930 g/mol. The maximum absolute atomic E-state index is 11.9. The zero-order valence-corrected chi connectivity index (χ0v) is 81.0. The Morgan fingerprint density at radius 3 is 0.429 bits per heavy atom. The summed E-state index contributed by atoms with van der Waals surface area (Å²) >= 11 is 0. The van der Waals surface area contributed by atoms with Crippen LogP contribution in [0.2, 0.25) is 0 Å². The lowest BCUT2D eigenvalue weighted by Crippen LogP contribution is -2.50. The van der Waals surface area contributed by atoms with Gasteiger partial charge >= 0.3 is 47.8 Å². The predicted octanol–water partition coefficient (Wildman–Crippen LogP) is 21.8. The number of carbonyl (C=O) groups excluding carboxylic acids is 4. The predicted molar refractivity (Wildman–Crippen MR) is 537 cm³/mol. The van der Waals surface area contributed by atoms with Crippen molar-refractivity contribution in [2.45, 2.75) is 300 Å². The van der Waals surface area contributed by atoms with E-state index in [0.29, 0.717) is 23.0 Å². The molecular weight excluding hydrogens is 1780 g/mol. The monoisotopic (exact) mass is 1930 g/mol. The second-order valence-electron chi connectivity index (χ2n) is 43.0. The Kier molecular flexibility index (Phi) is 28.5. The van der Waals surface area contributed by atoms with Crippen LogP contribution in [0.1, 0.15) is 304 Å². The molecule has 758 valence electrons. The van der Waals surface area contributed by atoms with E-state index in [1.807, 2.05) is 72.8 Å². The Labute approximate surface area is 828 Å². The van der Waals surface area contributed by atoms with Crippen LogP contribution in [0.5, 0.6) is 46.0 Å². The van der Waals surface area contributed by atoms with Gasteiger partial charge in [0.2, 0.25) is 0 Å². The molecule has 24 rings (SSSR count). The Balaban J connectivity index is 0.000000171. The first-order valence-electron chi connectivity index (χ1n) is 51.0. The first-order valence-corrected chi connectivity index (χ1v) is 51.0. The average Bonchev–Trinajstić information content (AvgIpc) is 0.734. The van der Waals surface area contributed by atoms with Crippen LogP contribution >= 0.6 is 0 Å². The minimum Gasteiger partial charge on any atom is -0.508 e. The molecule has 0 radical (unpaired) electrons. The molecule has 0 amide bonds. The van der Waals surface area contributed by atoms with Gasteiger partial charge < -0.3 is 80.2 Å². The number of esters is 4. The molecule has 8 aromatic carbocycles. The number of aliphatic carboxylic acids is 4. The molecule has 16 atom stereocenters. The van der Waals surface area contributed by atoms with E-state index in [2.05, 4.69) is 0 Å². The molecule has 140 heavy (non-hydrogen) atoms. The van der Waals surface area contributed by atoms with Crippen molar-refractivity contribution < 1.29 is 129 Å². The van der Waals surface area contributed by atoms with Crippen molar-refractivity contribution in [1.29, 1.82) is 0 Å². The largest absolute Gasteiger partial charge is 0.508 e. The van der Waals surface area contributed by atoms with Gasteiger partial charge in [0.15, 0.2) is 0 Å². The number of carbonyl (C=O) groups is 8. The molecule has 16 aliphatic rings. The zero-order chi connectivity index (χ0) is 99.2. The molecule has 0 heterocycles. The minimum atomic E-state index is -0.688. The number of phenolic OH excluding ortho intramolecular Hbond substituents is 8. The van der Waals surface area contributed by atoms with E-state index in [0.717, 1.165) is 279 Å².